The van der Waals surface area contributed by atoms with Crippen LogP contribution in [-0.2, 0) is 20.9 Å². The molecule has 1 heterocycles. The third-order valence-corrected chi connectivity index (χ3v) is 6.77. The molecule has 6 nitrogen and oxygen atoms in total. The minimum atomic E-state index is -0.0341. The van der Waals surface area contributed by atoms with Crippen molar-refractivity contribution in [3.05, 3.63) is 29.8 Å². The number of carbonyl (C=O) groups excluding carboxylic acids is 2. The summed E-state index contributed by atoms with van der Waals surface area (Å²) in [6.07, 6.45) is 6.37. The van der Waals surface area contributed by atoms with Gasteiger partial charge in [-0.3, -0.25) is 14.5 Å². The standard InChI is InChI=1S/C25H39N3O3/c1-20(2)26-14-7-15-28(25(30)19-31-3)23-11-5-4-10-22(23)18-27(17-16-26)24(29)13-12-21-8-6-9-21/h4-5,10-11,20-21H,6-9,12-19H2,1-3H3. The monoisotopic (exact) mass is 429 g/mol. The van der Waals surface area contributed by atoms with E-state index in [2.05, 4.69) is 18.7 Å². The second-order valence-electron chi connectivity index (χ2n) is 9.24. The van der Waals surface area contributed by atoms with Gasteiger partial charge in [0.1, 0.15) is 6.61 Å². The Bertz CT molecular complexity index is 732. The summed E-state index contributed by atoms with van der Waals surface area (Å²) in [5, 5.41) is 0. The van der Waals surface area contributed by atoms with E-state index in [1.807, 2.05) is 34.1 Å². The zero-order valence-corrected chi connectivity index (χ0v) is 19.5. The van der Waals surface area contributed by atoms with Crippen LogP contribution in [0, 0.1) is 5.92 Å². The molecule has 1 aromatic carbocycles. The molecule has 1 fully saturated rings. The van der Waals surface area contributed by atoms with Crippen LogP contribution in [0.25, 0.3) is 0 Å². The maximum absolute atomic E-state index is 13.2. The summed E-state index contributed by atoms with van der Waals surface area (Å²) in [7, 11) is 1.55. The van der Waals surface area contributed by atoms with E-state index in [0.29, 0.717) is 25.6 Å². The van der Waals surface area contributed by atoms with E-state index in [1.54, 1.807) is 7.11 Å². The molecular weight excluding hydrogens is 390 g/mol. The Morgan fingerprint density at radius 3 is 2.48 bits per heavy atom. The van der Waals surface area contributed by atoms with Crippen LogP contribution in [0.3, 0.4) is 0 Å². The number of rotatable bonds is 6. The first kappa shape index (κ1) is 23.7. The largest absolute Gasteiger partial charge is 0.375 e. The number of nitrogens with zero attached hydrogens (tertiary/aromatic N) is 3. The Labute approximate surface area is 187 Å². The zero-order valence-electron chi connectivity index (χ0n) is 19.5. The molecule has 6 heteroatoms. The number of carbonyl (C=O) groups is 2. The number of amides is 2. The lowest BCUT2D eigenvalue weighted by atomic mass is 9.82. The maximum atomic E-state index is 13.2. The second kappa shape index (κ2) is 11.6. The minimum absolute atomic E-state index is 0.0341. The van der Waals surface area contributed by atoms with E-state index < -0.39 is 0 Å². The molecule has 0 N–H and O–H groups in total. The molecule has 1 aliphatic heterocycles. The van der Waals surface area contributed by atoms with Crippen LogP contribution in [0.2, 0.25) is 0 Å². The van der Waals surface area contributed by atoms with E-state index in [9.17, 15) is 9.59 Å². The molecule has 1 aliphatic carbocycles. The van der Waals surface area contributed by atoms with E-state index in [0.717, 1.165) is 49.6 Å². The second-order valence-corrected chi connectivity index (χ2v) is 9.24. The van der Waals surface area contributed by atoms with Gasteiger partial charge in [-0.15, -0.1) is 0 Å². The molecule has 1 aromatic rings. The van der Waals surface area contributed by atoms with Crippen molar-refractivity contribution >= 4 is 17.5 Å². The number of methoxy groups -OCH3 is 1. The molecule has 0 bridgehead atoms. The van der Waals surface area contributed by atoms with Crippen LogP contribution in [0.15, 0.2) is 24.3 Å². The number of benzene rings is 1. The van der Waals surface area contributed by atoms with Crippen molar-refractivity contribution < 1.29 is 14.3 Å². The molecule has 2 aliphatic rings. The van der Waals surface area contributed by atoms with Crippen molar-refractivity contribution in [3.63, 3.8) is 0 Å². The van der Waals surface area contributed by atoms with Crippen molar-refractivity contribution in [3.8, 4) is 0 Å². The van der Waals surface area contributed by atoms with Crippen molar-refractivity contribution in [1.29, 1.82) is 0 Å². The highest BCUT2D eigenvalue weighted by atomic mass is 16.5. The van der Waals surface area contributed by atoms with Crippen LogP contribution in [-0.4, -0.2) is 67.6 Å². The Kier molecular flexibility index (Phi) is 8.90. The van der Waals surface area contributed by atoms with Gasteiger partial charge in [0.15, 0.2) is 0 Å². The predicted octanol–water partition coefficient (Wildman–Crippen LogP) is 3.69. The fraction of sp³-hybridized carbons (Fsp3) is 0.680. The van der Waals surface area contributed by atoms with Crippen LogP contribution in [0.4, 0.5) is 5.69 Å². The van der Waals surface area contributed by atoms with Crippen molar-refractivity contribution in [2.75, 3.05) is 44.8 Å². The van der Waals surface area contributed by atoms with Crippen molar-refractivity contribution in [1.82, 2.24) is 9.80 Å². The molecule has 0 radical (unpaired) electrons. The highest BCUT2D eigenvalue weighted by Gasteiger charge is 2.25. The molecule has 31 heavy (non-hydrogen) atoms. The molecule has 172 valence electrons. The van der Waals surface area contributed by atoms with Crippen molar-refractivity contribution in [2.24, 2.45) is 5.92 Å². The van der Waals surface area contributed by atoms with E-state index >= 15 is 0 Å². The Morgan fingerprint density at radius 1 is 1.03 bits per heavy atom. The van der Waals surface area contributed by atoms with Gasteiger partial charge in [-0.1, -0.05) is 37.5 Å². The summed E-state index contributed by atoms with van der Waals surface area (Å²) in [5.74, 6) is 0.932. The van der Waals surface area contributed by atoms with Crippen LogP contribution < -0.4 is 4.90 Å². The first-order valence-corrected chi connectivity index (χ1v) is 11.9. The van der Waals surface area contributed by atoms with Crippen LogP contribution >= 0.6 is 0 Å². The fourth-order valence-electron chi connectivity index (χ4n) is 4.56. The minimum Gasteiger partial charge on any atom is -0.375 e. The highest BCUT2D eigenvalue weighted by Crippen LogP contribution is 2.31. The number of hydrogen-bond acceptors (Lipinski definition) is 4. The summed E-state index contributed by atoms with van der Waals surface area (Å²) in [4.78, 5) is 32.3. The van der Waals surface area contributed by atoms with E-state index in [1.165, 1.54) is 19.3 Å². The quantitative estimate of drug-likeness (QED) is 0.692. The van der Waals surface area contributed by atoms with E-state index in [4.69, 9.17) is 4.74 Å². The predicted molar refractivity (Wildman–Crippen MR) is 124 cm³/mol. The highest BCUT2D eigenvalue weighted by molar-refractivity contribution is 5.95. The van der Waals surface area contributed by atoms with Gasteiger partial charge >= 0.3 is 0 Å². The topological polar surface area (TPSA) is 53.1 Å². The number of anilines is 1. The molecule has 0 unspecified atom stereocenters. The third kappa shape index (κ3) is 6.53. The molecule has 3 rings (SSSR count). The first-order valence-electron chi connectivity index (χ1n) is 11.9. The molecule has 0 atom stereocenters. The summed E-state index contributed by atoms with van der Waals surface area (Å²) in [6, 6.07) is 8.41. The van der Waals surface area contributed by atoms with Gasteiger partial charge in [-0.25, -0.2) is 0 Å². The smallest absolute Gasteiger partial charge is 0.252 e. The van der Waals surface area contributed by atoms with Gasteiger partial charge in [0, 0.05) is 58.0 Å². The average Bonchev–Trinajstić information content (AvgIpc) is 2.74. The normalized spacial score (nSPS) is 19.0. The zero-order chi connectivity index (χ0) is 22.2. The van der Waals surface area contributed by atoms with Gasteiger partial charge in [0.2, 0.25) is 5.91 Å². The number of hydrogen-bond donors (Lipinski definition) is 0. The van der Waals surface area contributed by atoms with Gasteiger partial charge < -0.3 is 14.5 Å². The lowest BCUT2D eigenvalue weighted by Crippen LogP contribution is -2.41. The average molecular weight is 430 g/mol. The maximum Gasteiger partial charge on any atom is 0.252 e. The lowest BCUT2D eigenvalue weighted by Gasteiger charge is -2.31. The SMILES string of the molecule is COCC(=O)N1CCCN(C(C)C)CCN(C(=O)CCC2CCC2)Cc2ccccc21. The Morgan fingerprint density at radius 2 is 1.81 bits per heavy atom. The van der Waals surface area contributed by atoms with Gasteiger partial charge in [-0.05, 0) is 44.2 Å². The molecular formula is C25H39N3O3. The molecule has 0 aromatic heterocycles. The fourth-order valence-corrected chi connectivity index (χ4v) is 4.56. The van der Waals surface area contributed by atoms with E-state index in [-0.39, 0.29) is 18.4 Å². The Hall–Kier alpha value is -1.92. The lowest BCUT2D eigenvalue weighted by molar-refractivity contribution is -0.132. The summed E-state index contributed by atoms with van der Waals surface area (Å²) >= 11 is 0. The third-order valence-electron chi connectivity index (χ3n) is 6.77. The Balaban J connectivity index is 1.84. The van der Waals surface area contributed by atoms with Crippen LogP contribution in [0.1, 0.15) is 57.9 Å². The summed E-state index contributed by atoms with van der Waals surface area (Å²) in [6.45, 7) is 8.15. The molecule has 1 saturated carbocycles. The van der Waals surface area contributed by atoms with Gasteiger partial charge in [0.25, 0.3) is 5.91 Å². The first-order chi connectivity index (χ1) is 15.0. The summed E-state index contributed by atoms with van der Waals surface area (Å²) < 4.78 is 5.15. The van der Waals surface area contributed by atoms with Gasteiger partial charge in [0.05, 0.1) is 0 Å². The summed E-state index contributed by atoms with van der Waals surface area (Å²) in [5.41, 5.74) is 1.93. The molecule has 2 amide bonds. The number of ether oxygens (including phenoxy) is 1. The van der Waals surface area contributed by atoms with Gasteiger partial charge in [-0.2, -0.15) is 0 Å². The number of fused-ring (bicyclic) bond motifs is 1. The number of para-hydroxylation sites is 1. The van der Waals surface area contributed by atoms with Crippen molar-refractivity contribution in [2.45, 2.75) is 65.0 Å². The van der Waals surface area contributed by atoms with Crippen LogP contribution in [0.5, 0.6) is 0 Å². The molecule has 0 spiro atoms. The molecule has 0 saturated heterocycles.